The van der Waals surface area contributed by atoms with Gasteiger partial charge in [-0.15, -0.1) is 0 Å². The normalized spacial score (nSPS) is 38.7. The molecule has 15 atom stereocenters. The lowest BCUT2D eigenvalue weighted by molar-refractivity contribution is -0.351. The maximum Gasteiger partial charge on any atom is 0.305 e. The minimum Gasteiger partial charge on any atom is -0.571 e. The number of allylic oxidation sites excluding steroid dienone is 2. The highest BCUT2D eigenvalue weighted by Crippen LogP contribution is 2.43. The van der Waals surface area contributed by atoms with Gasteiger partial charge in [0.1, 0.15) is 79.2 Å². The number of aliphatic hydroxyl groups is 12. The molecule has 22 nitrogen and oxygen atoms in total. The van der Waals surface area contributed by atoms with Crippen LogP contribution in [0, 0.1) is 0 Å². The number of rotatable bonds is 10. The van der Waals surface area contributed by atoms with Crippen LogP contribution < -0.4 is 0 Å². The van der Waals surface area contributed by atoms with E-state index in [-0.39, 0.29) is 28.4 Å². The van der Waals surface area contributed by atoms with E-state index in [1.54, 1.807) is 0 Å². The zero-order chi connectivity index (χ0) is 40.7. The van der Waals surface area contributed by atoms with E-state index in [2.05, 4.69) is 4.74 Å². The van der Waals surface area contributed by atoms with Gasteiger partial charge in [0, 0.05) is 31.2 Å². The molecule has 0 radical (unpaired) electrons. The number of phenols is 3. The van der Waals surface area contributed by atoms with Gasteiger partial charge in [-0.3, -0.25) is 4.79 Å². The Labute approximate surface area is 315 Å². The zero-order valence-electron chi connectivity index (χ0n) is 29.2. The van der Waals surface area contributed by atoms with E-state index in [0.29, 0.717) is 0 Å². The Balaban J connectivity index is 1.39. The number of hydrogen-bond acceptors (Lipinski definition) is 21. The van der Waals surface area contributed by atoms with E-state index in [0.717, 1.165) is 25.1 Å². The highest BCUT2D eigenvalue weighted by Gasteiger charge is 2.51. The van der Waals surface area contributed by atoms with Crippen LogP contribution in [0.25, 0.3) is 5.76 Å². The summed E-state index contributed by atoms with van der Waals surface area (Å²) in [5.41, 5.74) is -0.0716. The number of hydrogen-bond donors (Lipinski definition) is 13. The Morgan fingerprint density at radius 3 is 2.09 bits per heavy atom. The van der Waals surface area contributed by atoms with Gasteiger partial charge >= 0.3 is 11.7 Å². The molecule has 1 aliphatic carbocycles. The summed E-state index contributed by atoms with van der Waals surface area (Å²) in [7, 11) is 0. The molecule has 4 aliphatic heterocycles. The Morgan fingerprint density at radius 2 is 1.43 bits per heavy atom. The summed E-state index contributed by atoms with van der Waals surface area (Å²) in [4.78, 5) is 11.4. The largest absolute Gasteiger partial charge is 0.571 e. The highest BCUT2D eigenvalue weighted by molar-refractivity contribution is 5.71. The number of aliphatic hydroxyl groups excluding tert-OH is 10. The lowest BCUT2D eigenvalue weighted by Crippen LogP contribution is -2.63. The van der Waals surface area contributed by atoms with E-state index in [1.807, 2.05) is 0 Å². The third-order valence-electron chi connectivity index (χ3n) is 9.52. The summed E-state index contributed by atoms with van der Waals surface area (Å²) in [6, 6.07) is 1.98. The summed E-state index contributed by atoms with van der Waals surface area (Å²) in [6.45, 7) is -0.806. The van der Waals surface area contributed by atoms with Gasteiger partial charge in [0.2, 0.25) is 24.4 Å². The summed E-state index contributed by atoms with van der Waals surface area (Å²) >= 11 is 0. The third kappa shape index (κ3) is 8.24. The van der Waals surface area contributed by atoms with Crippen molar-refractivity contribution in [3.8, 4) is 17.2 Å². The van der Waals surface area contributed by atoms with Crippen LogP contribution in [-0.4, -0.2) is 189 Å². The molecule has 0 spiro atoms. The molecule has 6 rings (SSSR count). The highest BCUT2D eigenvalue weighted by atomic mass is 16.8. The average molecular weight is 804 g/mol. The number of esters is 1. The topological polar surface area (TPSA) is 357 Å². The fourth-order valence-electron chi connectivity index (χ4n) is 6.44. The maximum atomic E-state index is 11.4. The van der Waals surface area contributed by atoms with Crippen LogP contribution in [-0.2, 0) is 38.0 Å². The SMILES string of the molecule is CC(=O)OCC1OC(OC2=CC(O)=CC3[OH+]C(c4cc(O)c(O)c(O)c4)=C(OC4OC(CO)C(O)C(O)C4OC4OCC(O)C(O)C4O)C=C23)C(O)C(O)C1O. The van der Waals surface area contributed by atoms with Crippen molar-refractivity contribution < 1.29 is 109 Å². The van der Waals surface area contributed by atoms with Crippen molar-refractivity contribution in [2.75, 3.05) is 19.8 Å². The van der Waals surface area contributed by atoms with Crippen molar-refractivity contribution in [1.29, 1.82) is 0 Å². The fraction of sp³-hybridized carbons (Fsp3) is 0.559. The second-order valence-corrected chi connectivity index (χ2v) is 13.5. The number of ether oxygens (including phenoxy) is 8. The van der Waals surface area contributed by atoms with Crippen molar-refractivity contribution in [3.63, 3.8) is 0 Å². The number of carbonyl (C=O) groups is 1. The predicted molar refractivity (Wildman–Crippen MR) is 177 cm³/mol. The van der Waals surface area contributed by atoms with Gasteiger partial charge in [0.25, 0.3) is 0 Å². The molecule has 0 bridgehead atoms. The average Bonchev–Trinajstić information content (AvgIpc) is 3.15. The van der Waals surface area contributed by atoms with Gasteiger partial charge in [0.15, 0.2) is 29.6 Å². The van der Waals surface area contributed by atoms with Crippen LogP contribution in [0.2, 0.25) is 0 Å². The summed E-state index contributed by atoms with van der Waals surface area (Å²) in [5.74, 6) is -4.47. The van der Waals surface area contributed by atoms with Crippen LogP contribution in [0.1, 0.15) is 12.5 Å². The first-order valence-electron chi connectivity index (χ1n) is 17.1. The Morgan fingerprint density at radius 1 is 0.786 bits per heavy atom. The van der Waals surface area contributed by atoms with Gasteiger partial charge < -0.3 is 104 Å². The van der Waals surface area contributed by atoms with E-state index < -0.39 is 141 Å². The van der Waals surface area contributed by atoms with Crippen molar-refractivity contribution in [3.05, 3.63) is 58.8 Å². The molecule has 1 aromatic carbocycles. The smallest absolute Gasteiger partial charge is 0.305 e. The number of carbonyl (C=O) groups excluding carboxylic acids is 1. The number of benzene rings is 1. The molecule has 14 N–H and O–H groups in total. The Bertz CT molecular complexity index is 1720. The predicted octanol–water partition coefficient (Wildman–Crippen LogP) is -4.68. The van der Waals surface area contributed by atoms with Crippen LogP contribution in [0.5, 0.6) is 17.2 Å². The van der Waals surface area contributed by atoms with E-state index >= 15 is 0 Å². The van der Waals surface area contributed by atoms with Crippen molar-refractivity contribution in [2.24, 2.45) is 0 Å². The van der Waals surface area contributed by atoms with Gasteiger partial charge in [-0.05, 0) is 0 Å². The fourth-order valence-corrected chi connectivity index (χ4v) is 6.44. The van der Waals surface area contributed by atoms with E-state index in [9.17, 15) is 71.2 Å². The van der Waals surface area contributed by atoms with Crippen molar-refractivity contribution >= 4 is 11.7 Å². The molecule has 0 saturated carbocycles. The quantitative estimate of drug-likeness (QED) is 0.0600. The maximum absolute atomic E-state index is 11.4. The summed E-state index contributed by atoms with van der Waals surface area (Å²) < 4.78 is 44.0. The van der Waals surface area contributed by atoms with Crippen molar-refractivity contribution in [1.82, 2.24) is 0 Å². The van der Waals surface area contributed by atoms with E-state index in [4.69, 9.17) is 33.2 Å². The first-order chi connectivity index (χ1) is 26.5. The lowest BCUT2D eigenvalue weighted by atomic mass is 9.96. The van der Waals surface area contributed by atoms with E-state index in [1.165, 1.54) is 12.2 Å². The van der Waals surface area contributed by atoms with Gasteiger partial charge in [-0.25, -0.2) is 0 Å². The minimum absolute atomic E-state index is 0.0393. The minimum atomic E-state index is -1.93. The molecule has 15 unspecified atom stereocenters. The number of fused-ring (bicyclic) bond motifs is 1. The molecular formula is C34H43O22+. The second kappa shape index (κ2) is 16.7. The molecule has 0 amide bonds. The van der Waals surface area contributed by atoms with Crippen molar-refractivity contribution in [2.45, 2.75) is 99.0 Å². The third-order valence-corrected chi connectivity index (χ3v) is 9.52. The number of aromatic hydroxyl groups is 3. The molecule has 22 heteroatoms. The molecular weight excluding hydrogens is 760 g/mol. The van der Waals surface area contributed by atoms with Gasteiger partial charge in [-0.2, -0.15) is 0 Å². The molecule has 4 heterocycles. The van der Waals surface area contributed by atoms with Gasteiger partial charge in [0.05, 0.1) is 30.4 Å². The molecule has 5 aliphatic rings. The Hall–Kier alpha value is -4.27. The van der Waals surface area contributed by atoms with Crippen LogP contribution in [0.4, 0.5) is 0 Å². The van der Waals surface area contributed by atoms with Crippen LogP contribution in [0.3, 0.4) is 0 Å². The monoisotopic (exact) mass is 803 g/mol. The standard InChI is InChI=1S/C34H42O22/c1-10(36)49-9-21-25(44)26(45)29(48)33(55-21)52-18-5-12(37)4-17-13(18)6-19(30(51-17)11-2-14(38)22(41)15(39)3-11)53-34-31(27(46)24(43)20(7-35)54-34)56-32-28(47)23(42)16(40)8-50-32/h2-6,16-17,20-21,23-29,31-35,37-48H,7-9H2,1H3/p+1. The van der Waals surface area contributed by atoms with Crippen LogP contribution in [0.15, 0.2) is 53.2 Å². The molecule has 1 aromatic rings. The first kappa shape index (κ1) is 41.4. The number of phenolic OH excluding ortho intramolecular Hbond substituents is 3. The molecule has 310 valence electrons. The second-order valence-electron chi connectivity index (χ2n) is 13.5. The zero-order valence-corrected chi connectivity index (χ0v) is 29.2. The lowest BCUT2D eigenvalue weighted by Gasteiger charge is -2.44. The van der Waals surface area contributed by atoms with Crippen LogP contribution >= 0.6 is 0 Å². The molecule has 3 saturated heterocycles. The Kier molecular flexibility index (Phi) is 12.3. The molecule has 0 aromatic heterocycles. The molecule has 56 heavy (non-hydrogen) atoms. The summed E-state index contributed by atoms with van der Waals surface area (Å²) in [6.07, 6.45) is -22.0. The van der Waals surface area contributed by atoms with Gasteiger partial charge in [-0.1, -0.05) is 0 Å². The summed E-state index contributed by atoms with van der Waals surface area (Å²) in [5, 5.41) is 136. The molecule has 3 fully saturated rings. The first-order valence-corrected chi connectivity index (χ1v) is 17.1.